The Labute approximate surface area is 130 Å². The highest BCUT2D eigenvalue weighted by Crippen LogP contribution is 2.41. The van der Waals surface area contributed by atoms with Crippen LogP contribution in [0.1, 0.15) is 31.1 Å². The van der Waals surface area contributed by atoms with E-state index in [2.05, 4.69) is 27.9 Å². The van der Waals surface area contributed by atoms with Crippen LogP contribution in [0, 0.1) is 3.57 Å². The molecule has 1 aliphatic heterocycles. The minimum atomic E-state index is -0.323. The molecule has 0 saturated heterocycles. The predicted molar refractivity (Wildman–Crippen MR) is 82.4 cm³/mol. The molecule has 0 aromatic heterocycles. The van der Waals surface area contributed by atoms with Gasteiger partial charge in [0, 0.05) is 9.11 Å². The summed E-state index contributed by atoms with van der Waals surface area (Å²) in [5.74, 6) is 0.833. The zero-order chi connectivity index (χ0) is 14.2. The summed E-state index contributed by atoms with van der Waals surface area (Å²) in [6.07, 6.45) is 0. The lowest BCUT2D eigenvalue weighted by Gasteiger charge is -2.24. The van der Waals surface area contributed by atoms with Crippen LogP contribution in [0.25, 0.3) is 0 Å². The first-order valence-electron chi connectivity index (χ1n) is 5.90. The number of hydrogen-bond acceptors (Lipinski definition) is 3. The molecule has 0 bridgehead atoms. The number of fused-ring (bicyclic) bond motifs is 1. The molecule has 1 amide bonds. The lowest BCUT2D eigenvalue weighted by atomic mass is 10.1. The number of amides is 1. The van der Waals surface area contributed by atoms with Gasteiger partial charge < -0.3 is 14.8 Å². The van der Waals surface area contributed by atoms with E-state index in [4.69, 9.17) is 21.1 Å². The van der Waals surface area contributed by atoms with E-state index in [1.807, 2.05) is 20.8 Å². The molecule has 1 aromatic rings. The van der Waals surface area contributed by atoms with Gasteiger partial charge in [0.2, 0.25) is 0 Å². The highest BCUT2D eigenvalue weighted by molar-refractivity contribution is 14.1. The summed E-state index contributed by atoms with van der Waals surface area (Å²) < 4.78 is 11.7. The zero-order valence-corrected chi connectivity index (χ0v) is 13.9. The minimum absolute atomic E-state index is 0.209. The molecule has 1 heterocycles. The van der Waals surface area contributed by atoms with Gasteiger partial charge in [-0.3, -0.25) is 4.79 Å². The van der Waals surface area contributed by atoms with Crippen molar-refractivity contribution in [3.05, 3.63) is 20.2 Å². The Morgan fingerprint density at radius 2 is 2.00 bits per heavy atom. The first-order valence-corrected chi connectivity index (χ1v) is 7.35. The number of carbonyl (C=O) groups is 1. The quantitative estimate of drug-likeness (QED) is 0.743. The third-order valence-corrected chi connectivity index (χ3v) is 3.65. The number of carbonyl (C=O) groups excluding carboxylic acids is 1. The molecule has 6 heteroatoms. The van der Waals surface area contributed by atoms with Gasteiger partial charge in [0.05, 0.1) is 5.56 Å². The second-order valence-electron chi connectivity index (χ2n) is 5.28. The van der Waals surface area contributed by atoms with Gasteiger partial charge in [-0.15, -0.1) is 0 Å². The molecule has 0 spiro atoms. The Hall–Kier alpha value is -0.690. The van der Waals surface area contributed by atoms with E-state index in [1.165, 1.54) is 0 Å². The van der Waals surface area contributed by atoms with E-state index >= 15 is 0 Å². The summed E-state index contributed by atoms with van der Waals surface area (Å²) >= 11 is 8.36. The van der Waals surface area contributed by atoms with Gasteiger partial charge in [-0.1, -0.05) is 11.6 Å². The van der Waals surface area contributed by atoms with Crippen LogP contribution >= 0.6 is 34.2 Å². The molecule has 4 nitrogen and oxygen atoms in total. The van der Waals surface area contributed by atoms with Crippen LogP contribution in [0.4, 0.5) is 0 Å². The lowest BCUT2D eigenvalue weighted by Crippen LogP contribution is -2.41. The van der Waals surface area contributed by atoms with Crippen LogP contribution in [0.5, 0.6) is 11.5 Å². The first kappa shape index (κ1) is 14.7. The number of rotatable bonds is 1. The SMILES string of the molecule is CC(C)(C)NC(=O)c1c(I)cc2c(c1Cl)OCCO2. The fraction of sp³-hybridized carbons (Fsp3) is 0.462. The van der Waals surface area contributed by atoms with Crippen LogP contribution in [0.2, 0.25) is 5.02 Å². The van der Waals surface area contributed by atoms with Gasteiger partial charge in [-0.2, -0.15) is 0 Å². The molecule has 0 radical (unpaired) electrons. The van der Waals surface area contributed by atoms with Gasteiger partial charge in [0.1, 0.15) is 18.2 Å². The van der Waals surface area contributed by atoms with Crippen molar-refractivity contribution >= 4 is 40.1 Å². The van der Waals surface area contributed by atoms with Crippen molar-refractivity contribution in [3.8, 4) is 11.5 Å². The predicted octanol–water partition coefficient (Wildman–Crippen LogP) is 3.24. The molecule has 104 valence electrons. The molecular weight excluding hydrogens is 381 g/mol. The van der Waals surface area contributed by atoms with Gasteiger partial charge >= 0.3 is 0 Å². The molecule has 0 aliphatic carbocycles. The van der Waals surface area contributed by atoms with E-state index in [9.17, 15) is 4.79 Å². The summed E-state index contributed by atoms with van der Waals surface area (Å²) in [4.78, 5) is 12.3. The third kappa shape index (κ3) is 3.25. The Kier molecular flexibility index (Phi) is 4.15. The molecule has 0 fully saturated rings. The Bertz CT molecular complexity index is 526. The van der Waals surface area contributed by atoms with E-state index < -0.39 is 0 Å². The summed E-state index contributed by atoms with van der Waals surface area (Å²) in [6.45, 7) is 6.69. The average molecular weight is 396 g/mol. The number of hydrogen-bond donors (Lipinski definition) is 1. The van der Waals surface area contributed by atoms with E-state index in [0.29, 0.717) is 35.3 Å². The summed E-state index contributed by atoms with van der Waals surface area (Å²) in [5, 5.41) is 3.21. The molecule has 1 N–H and O–H groups in total. The fourth-order valence-corrected chi connectivity index (χ4v) is 3.02. The largest absolute Gasteiger partial charge is 0.486 e. The topological polar surface area (TPSA) is 47.6 Å². The lowest BCUT2D eigenvalue weighted by molar-refractivity contribution is 0.0917. The van der Waals surface area contributed by atoms with Crippen molar-refractivity contribution < 1.29 is 14.3 Å². The van der Waals surface area contributed by atoms with Gasteiger partial charge in [-0.25, -0.2) is 0 Å². The summed E-state index contributed by atoms with van der Waals surface area (Å²) in [6, 6.07) is 1.78. The van der Waals surface area contributed by atoms with E-state index in [0.717, 1.165) is 3.57 Å². The molecular formula is C13H15ClINO3. The van der Waals surface area contributed by atoms with Crippen LogP contribution in [-0.4, -0.2) is 24.7 Å². The molecule has 0 atom stereocenters. The Balaban J connectivity index is 2.43. The maximum atomic E-state index is 12.3. The van der Waals surface area contributed by atoms with Crippen molar-refractivity contribution in [2.45, 2.75) is 26.3 Å². The zero-order valence-electron chi connectivity index (χ0n) is 11.0. The second kappa shape index (κ2) is 5.36. The second-order valence-corrected chi connectivity index (χ2v) is 6.82. The summed E-state index contributed by atoms with van der Waals surface area (Å²) in [5.41, 5.74) is 0.109. The van der Waals surface area contributed by atoms with Crippen molar-refractivity contribution in [2.24, 2.45) is 0 Å². The van der Waals surface area contributed by atoms with Crippen molar-refractivity contribution in [1.82, 2.24) is 5.32 Å². The van der Waals surface area contributed by atoms with Crippen LogP contribution in [-0.2, 0) is 0 Å². The minimum Gasteiger partial charge on any atom is -0.486 e. The van der Waals surface area contributed by atoms with Gasteiger partial charge in [-0.05, 0) is 49.4 Å². The number of nitrogens with one attached hydrogen (secondary N) is 1. The summed E-state index contributed by atoms with van der Waals surface area (Å²) in [7, 11) is 0. The third-order valence-electron chi connectivity index (χ3n) is 2.44. The Morgan fingerprint density at radius 1 is 1.37 bits per heavy atom. The van der Waals surface area contributed by atoms with Crippen molar-refractivity contribution in [1.29, 1.82) is 0 Å². The monoisotopic (exact) mass is 395 g/mol. The number of benzene rings is 1. The first-order chi connectivity index (χ1) is 8.79. The maximum absolute atomic E-state index is 12.3. The number of halogens is 2. The molecule has 0 unspecified atom stereocenters. The standard InChI is InChI=1S/C13H15ClINO3/c1-13(2,3)16-12(17)9-7(15)6-8-11(10(9)14)19-5-4-18-8/h6H,4-5H2,1-3H3,(H,16,17). The van der Waals surface area contributed by atoms with Crippen molar-refractivity contribution in [3.63, 3.8) is 0 Å². The fourth-order valence-electron chi connectivity index (χ4n) is 1.73. The highest BCUT2D eigenvalue weighted by atomic mass is 127. The molecule has 1 aromatic carbocycles. The smallest absolute Gasteiger partial charge is 0.254 e. The Morgan fingerprint density at radius 3 is 2.63 bits per heavy atom. The van der Waals surface area contributed by atoms with E-state index in [-0.39, 0.29) is 11.4 Å². The number of ether oxygens (including phenoxy) is 2. The van der Waals surface area contributed by atoms with Gasteiger partial charge in [0.25, 0.3) is 5.91 Å². The van der Waals surface area contributed by atoms with E-state index in [1.54, 1.807) is 6.07 Å². The normalized spacial score (nSPS) is 14.2. The van der Waals surface area contributed by atoms with Crippen molar-refractivity contribution in [2.75, 3.05) is 13.2 Å². The van der Waals surface area contributed by atoms with Crippen LogP contribution in [0.15, 0.2) is 6.07 Å². The molecule has 19 heavy (non-hydrogen) atoms. The highest BCUT2D eigenvalue weighted by Gasteiger charge is 2.26. The molecule has 2 rings (SSSR count). The molecule has 0 saturated carbocycles. The van der Waals surface area contributed by atoms with Crippen LogP contribution in [0.3, 0.4) is 0 Å². The molecule has 1 aliphatic rings. The maximum Gasteiger partial charge on any atom is 0.254 e. The van der Waals surface area contributed by atoms with Crippen LogP contribution < -0.4 is 14.8 Å². The van der Waals surface area contributed by atoms with Gasteiger partial charge in [0.15, 0.2) is 11.5 Å². The average Bonchev–Trinajstić information content (AvgIpc) is 2.26.